The monoisotopic (exact) mass is 269 g/mol. The molecule has 0 saturated heterocycles. The summed E-state index contributed by atoms with van der Waals surface area (Å²) in [7, 11) is 1.26. The van der Waals surface area contributed by atoms with E-state index in [1.165, 1.54) is 19.9 Å². The zero-order chi connectivity index (χ0) is 4.99. The maximum absolute atomic E-state index is 9.27. The van der Waals surface area contributed by atoms with Crippen molar-refractivity contribution in [2.75, 3.05) is 7.05 Å². The molecule has 7 heavy (non-hydrogen) atoms. The third-order valence-electron chi connectivity index (χ3n) is 0.274. The maximum Gasteiger partial charge on any atom is 2.00 e. The van der Waals surface area contributed by atoms with Gasteiger partial charge in [-0.1, -0.05) is 0 Å². The summed E-state index contributed by atoms with van der Waals surface area (Å²) in [5.74, 6) is 0. The van der Waals surface area contributed by atoms with Crippen molar-refractivity contribution in [1.82, 2.24) is 4.90 Å². The molecule has 0 atom stereocenters. The van der Waals surface area contributed by atoms with E-state index < -0.39 is 0 Å². The van der Waals surface area contributed by atoms with E-state index >= 15 is 0 Å². The average Bonchev–Trinajstić information content (AvgIpc) is 1.65. The van der Waals surface area contributed by atoms with E-state index in [9.17, 15) is 9.59 Å². The van der Waals surface area contributed by atoms with Gasteiger partial charge >= 0.3 is 21.1 Å². The first kappa shape index (κ1) is 9.95. The molecule has 0 bridgehead atoms. The van der Waals surface area contributed by atoms with Gasteiger partial charge in [-0.05, 0) is 7.05 Å². The molecular weight excluding hydrogens is 266 g/mol. The summed E-state index contributed by atoms with van der Waals surface area (Å²) in [5.41, 5.74) is 0. The summed E-state index contributed by atoms with van der Waals surface area (Å²) < 4.78 is 0. The van der Waals surface area contributed by atoms with Gasteiger partial charge in [0, 0.05) is 0 Å². The van der Waals surface area contributed by atoms with Crippen molar-refractivity contribution in [3.05, 3.63) is 0 Å². The van der Waals surface area contributed by atoms with Crippen LogP contribution in [0, 0.1) is 0 Å². The molecule has 38 valence electrons. The Balaban J connectivity index is 0. The summed E-state index contributed by atoms with van der Waals surface area (Å²) in [6.07, 6.45) is 2.55. The summed E-state index contributed by atoms with van der Waals surface area (Å²) in [6.45, 7) is 0. The largest absolute Gasteiger partial charge is 2.00 e. The van der Waals surface area contributed by atoms with E-state index in [-0.39, 0.29) is 21.1 Å². The van der Waals surface area contributed by atoms with E-state index in [0.29, 0.717) is 4.90 Å². The summed E-state index contributed by atoms with van der Waals surface area (Å²) in [4.78, 5) is 19.2. The van der Waals surface area contributed by atoms with E-state index in [2.05, 4.69) is 0 Å². The van der Waals surface area contributed by atoms with Crippen LogP contribution in [0.1, 0.15) is 0 Å². The Kier molecular flexibility index (Phi) is 8.28. The van der Waals surface area contributed by atoms with Gasteiger partial charge in [0.1, 0.15) is 0 Å². The van der Waals surface area contributed by atoms with Gasteiger partial charge in [-0.2, -0.15) is 12.8 Å². The molecular formula is C3H3NO2W. The third kappa shape index (κ3) is 5.83. The Bertz CT molecular complexity index is 58.0. The molecule has 0 fully saturated rings. The smallest absolute Gasteiger partial charge is 0.639 e. The minimum Gasteiger partial charge on any atom is -0.639 e. The number of hydrogen-bond donors (Lipinski definition) is 0. The Hall–Kier alpha value is -0.172. The molecule has 0 rings (SSSR count). The predicted octanol–water partition coefficient (Wildman–Crippen LogP) is -0.950. The predicted molar refractivity (Wildman–Crippen MR) is 19.1 cm³/mol. The number of imide groups is 1. The van der Waals surface area contributed by atoms with Crippen LogP contribution in [0.5, 0.6) is 0 Å². The van der Waals surface area contributed by atoms with Crippen LogP contribution in [0.25, 0.3) is 0 Å². The van der Waals surface area contributed by atoms with Crippen molar-refractivity contribution in [1.29, 1.82) is 0 Å². The van der Waals surface area contributed by atoms with E-state index in [0.717, 1.165) is 0 Å². The van der Waals surface area contributed by atoms with Gasteiger partial charge < -0.3 is 14.5 Å². The van der Waals surface area contributed by atoms with Crippen molar-refractivity contribution in [3.8, 4) is 0 Å². The molecule has 0 spiro atoms. The van der Waals surface area contributed by atoms with Gasteiger partial charge in [0.05, 0.1) is 0 Å². The van der Waals surface area contributed by atoms with Crippen molar-refractivity contribution in [3.63, 3.8) is 0 Å². The first-order valence-electron chi connectivity index (χ1n) is 1.30. The summed E-state index contributed by atoms with van der Waals surface area (Å²) >= 11 is 0. The van der Waals surface area contributed by atoms with Crippen LogP contribution in [-0.4, -0.2) is 24.8 Å². The Morgan fingerprint density at radius 1 is 1.29 bits per heavy atom. The van der Waals surface area contributed by atoms with E-state index in [4.69, 9.17) is 0 Å². The fourth-order valence-electron chi connectivity index (χ4n) is 0.0186. The number of rotatable bonds is 2. The molecule has 0 aromatic rings. The number of nitrogens with zero attached hydrogens (tertiary/aromatic N) is 1. The van der Waals surface area contributed by atoms with Crippen LogP contribution in [0.4, 0.5) is 0 Å². The molecule has 0 saturated carbocycles. The maximum atomic E-state index is 9.27. The van der Waals surface area contributed by atoms with Crippen LogP contribution in [0.15, 0.2) is 0 Å². The van der Waals surface area contributed by atoms with Crippen molar-refractivity contribution >= 4 is 12.8 Å². The van der Waals surface area contributed by atoms with Crippen molar-refractivity contribution < 1.29 is 30.7 Å². The van der Waals surface area contributed by atoms with Crippen LogP contribution >= 0.6 is 0 Å². The first-order chi connectivity index (χ1) is 2.81. The molecule has 2 amide bonds. The molecule has 0 aliphatic rings. The van der Waals surface area contributed by atoms with Gasteiger partial charge in [-0.3, -0.25) is 0 Å². The molecule has 0 aliphatic carbocycles. The van der Waals surface area contributed by atoms with Gasteiger partial charge in [-0.25, -0.2) is 0 Å². The molecule has 4 heteroatoms. The quantitative estimate of drug-likeness (QED) is 0.479. The summed E-state index contributed by atoms with van der Waals surface area (Å²) in [6, 6.07) is 0. The molecule has 3 nitrogen and oxygen atoms in total. The molecule has 0 N–H and O–H groups in total. The van der Waals surface area contributed by atoms with E-state index in [1.807, 2.05) is 0 Å². The van der Waals surface area contributed by atoms with Crippen LogP contribution < -0.4 is 0 Å². The molecule has 0 aliphatic heterocycles. The fourth-order valence-corrected chi connectivity index (χ4v) is 0.0186. The molecule has 0 unspecified atom stereocenters. The molecule has 0 heterocycles. The SMILES string of the molecule is CN([C-]=O)[C-]=O.[W+2]. The summed E-state index contributed by atoms with van der Waals surface area (Å²) in [5, 5.41) is 0. The van der Waals surface area contributed by atoms with Gasteiger partial charge in [0.25, 0.3) is 0 Å². The molecule has 0 aromatic carbocycles. The first-order valence-corrected chi connectivity index (χ1v) is 1.30. The van der Waals surface area contributed by atoms with E-state index in [1.54, 1.807) is 0 Å². The fraction of sp³-hybridized carbons (Fsp3) is 0.333. The number of amides is 2. The van der Waals surface area contributed by atoms with Crippen LogP contribution in [-0.2, 0) is 30.7 Å². The van der Waals surface area contributed by atoms with Crippen LogP contribution in [0.3, 0.4) is 0 Å². The normalized spacial score (nSPS) is 5.86. The number of carbonyl (C=O) groups excluding carboxylic acids is 2. The van der Waals surface area contributed by atoms with Crippen LogP contribution in [0.2, 0.25) is 0 Å². The second-order valence-electron chi connectivity index (χ2n) is 0.742. The average molecular weight is 269 g/mol. The minimum absolute atomic E-state index is 0. The second kappa shape index (κ2) is 5.83. The molecule has 0 radical (unpaired) electrons. The van der Waals surface area contributed by atoms with Gasteiger partial charge in [-0.15, -0.1) is 0 Å². The topological polar surface area (TPSA) is 37.4 Å². The standard InChI is InChI=1S/C3H3NO2.W/c1-4(2-5)3-6;/h1H3;/q-2;+2. The zero-order valence-electron chi connectivity index (χ0n) is 3.67. The van der Waals surface area contributed by atoms with Gasteiger partial charge in [0.15, 0.2) is 0 Å². The molecule has 0 aromatic heterocycles. The van der Waals surface area contributed by atoms with Gasteiger partial charge in [0.2, 0.25) is 0 Å². The number of hydrogen-bond acceptors (Lipinski definition) is 2. The Morgan fingerprint density at radius 3 is 1.57 bits per heavy atom. The minimum atomic E-state index is 0. The zero-order valence-corrected chi connectivity index (χ0v) is 6.61. The third-order valence-corrected chi connectivity index (χ3v) is 0.274. The van der Waals surface area contributed by atoms with Crippen molar-refractivity contribution in [2.45, 2.75) is 0 Å². The Labute approximate surface area is 55.9 Å². The second-order valence-corrected chi connectivity index (χ2v) is 0.742. The Morgan fingerprint density at radius 2 is 1.57 bits per heavy atom. The van der Waals surface area contributed by atoms with Crippen molar-refractivity contribution in [2.24, 2.45) is 0 Å².